The average Bonchev–Trinajstić information content (AvgIpc) is 3.42. The second kappa shape index (κ2) is 5.70. The highest BCUT2D eigenvalue weighted by Gasteiger charge is 2.22. The van der Waals surface area contributed by atoms with E-state index >= 15 is 0 Å². The number of imidazole rings is 1. The summed E-state index contributed by atoms with van der Waals surface area (Å²) in [5.41, 5.74) is 4.90. The van der Waals surface area contributed by atoms with E-state index in [4.69, 9.17) is 4.98 Å². The Balaban J connectivity index is 1.54. The minimum Gasteiger partial charge on any atom is -0.350 e. The third-order valence-corrected chi connectivity index (χ3v) is 5.02. The van der Waals surface area contributed by atoms with Crippen molar-refractivity contribution in [1.82, 2.24) is 20.2 Å². The first-order valence-electron chi connectivity index (χ1n) is 8.90. The van der Waals surface area contributed by atoms with Crippen LogP contribution in [-0.4, -0.2) is 28.0 Å². The molecule has 1 saturated carbocycles. The SMILES string of the molecule is O=C1NCCn2c(-c3ccc(CNC4CC4)cc3)nc3cccc1c32. The average molecular weight is 332 g/mol. The predicted octanol–water partition coefficient (Wildman–Crippen LogP) is 2.70. The van der Waals surface area contributed by atoms with E-state index in [1.807, 2.05) is 18.2 Å². The molecule has 5 nitrogen and oxygen atoms in total. The summed E-state index contributed by atoms with van der Waals surface area (Å²) in [5.74, 6) is 0.915. The van der Waals surface area contributed by atoms with Crippen LogP contribution in [0, 0.1) is 0 Å². The second-order valence-electron chi connectivity index (χ2n) is 6.87. The molecule has 2 heterocycles. The highest BCUT2D eigenvalue weighted by molar-refractivity contribution is 6.06. The van der Waals surface area contributed by atoms with Gasteiger partial charge in [0.15, 0.2) is 0 Å². The lowest BCUT2D eigenvalue weighted by Crippen LogP contribution is -2.24. The Bertz CT molecular complexity index is 954. The number of rotatable bonds is 4. The Kier molecular flexibility index (Phi) is 3.35. The first kappa shape index (κ1) is 14.7. The third kappa shape index (κ3) is 2.61. The zero-order valence-electron chi connectivity index (χ0n) is 14.0. The molecule has 2 N–H and O–H groups in total. The van der Waals surface area contributed by atoms with Crippen LogP contribution in [0.2, 0.25) is 0 Å². The maximum absolute atomic E-state index is 12.3. The summed E-state index contributed by atoms with van der Waals surface area (Å²) in [4.78, 5) is 17.1. The Labute approximate surface area is 146 Å². The third-order valence-electron chi connectivity index (χ3n) is 5.02. The van der Waals surface area contributed by atoms with Crippen LogP contribution >= 0.6 is 0 Å². The molecule has 5 rings (SSSR count). The van der Waals surface area contributed by atoms with Crippen LogP contribution in [0.15, 0.2) is 42.5 Å². The second-order valence-corrected chi connectivity index (χ2v) is 6.87. The van der Waals surface area contributed by atoms with E-state index in [0.717, 1.165) is 35.5 Å². The number of aromatic nitrogens is 2. The molecular weight excluding hydrogens is 312 g/mol. The number of para-hydroxylation sites is 1. The first-order chi connectivity index (χ1) is 12.3. The summed E-state index contributed by atoms with van der Waals surface area (Å²) in [6, 6.07) is 15.1. The lowest BCUT2D eigenvalue weighted by Gasteiger charge is -2.08. The number of amides is 1. The van der Waals surface area contributed by atoms with E-state index in [1.54, 1.807) is 0 Å². The molecule has 1 aromatic heterocycles. The van der Waals surface area contributed by atoms with E-state index in [0.29, 0.717) is 18.2 Å². The van der Waals surface area contributed by atoms with E-state index in [-0.39, 0.29) is 5.91 Å². The fourth-order valence-electron chi connectivity index (χ4n) is 3.50. The molecule has 3 aromatic rings. The van der Waals surface area contributed by atoms with Gasteiger partial charge in [-0.3, -0.25) is 4.79 Å². The molecule has 1 aliphatic carbocycles. The molecule has 25 heavy (non-hydrogen) atoms. The molecule has 2 aliphatic rings. The summed E-state index contributed by atoms with van der Waals surface area (Å²) < 4.78 is 2.17. The Hall–Kier alpha value is -2.66. The normalized spacial score (nSPS) is 16.7. The van der Waals surface area contributed by atoms with Crippen molar-refractivity contribution in [3.63, 3.8) is 0 Å². The monoisotopic (exact) mass is 332 g/mol. The van der Waals surface area contributed by atoms with Gasteiger partial charge >= 0.3 is 0 Å². The summed E-state index contributed by atoms with van der Waals surface area (Å²) in [6.07, 6.45) is 2.61. The fourth-order valence-corrected chi connectivity index (χ4v) is 3.50. The van der Waals surface area contributed by atoms with E-state index < -0.39 is 0 Å². The molecule has 126 valence electrons. The van der Waals surface area contributed by atoms with Gasteiger partial charge in [-0.25, -0.2) is 4.98 Å². The summed E-state index contributed by atoms with van der Waals surface area (Å²) in [5, 5.41) is 6.50. The van der Waals surface area contributed by atoms with Gasteiger partial charge in [0.1, 0.15) is 5.82 Å². The lowest BCUT2D eigenvalue weighted by atomic mass is 10.1. The molecule has 2 aromatic carbocycles. The molecule has 1 amide bonds. The summed E-state index contributed by atoms with van der Waals surface area (Å²) in [6.45, 7) is 2.28. The van der Waals surface area contributed by atoms with Crippen molar-refractivity contribution >= 4 is 16.9 Å². The van der Waals surface area contributed by atoms with Crippen molar-refractivity contribution in [3.8, 4) is 11.4 Å². The van der Waals surface area contributed by atoms with Gasteiger partial charge in [-0.15, -0.1) is 0 Å². The van der Waals surface area contributed by atoms with Gasteiger partial charge in [0.25, 0.3) is 5.91 Å². The van der Waals surface area contributed by atoms with Crippen molar-refractivity contribution in [1.29, 1.82) is 0 Å². The topological polar surface area (TPSA) is 59.0 Å². The molecule has 0 bridgehead atoms. The molecule has 1 aliphatic heterocycles. The minimum atomic E-state index is -0.0164. The van der Waals surface area contributed by atoms with Gasteiger partial charge in [0.2, 0.25) is 0 Å². The zero-order valence-corrected chi connectivity index (χ0v) is 14.0. The molecule has 1 fully saturated rings. The minimum absolute atomic E-state index is 0.0164. The number of hydrogen-bond donors (Lipinski definition) is 2. The van der Waals surface area contributed by atoms with Crippen LogP contribution in [0.5, 0.6) is 0 Å². The van der Waals surface area contributed by atoms with Crippen molar-refractivity contribution in [2.24, 2.45) is 0 Å². The number of nitrogens with zero attached hydrogens (tertiary/aromatic N) is 2. The molecule has 0 unspecified atom stereocenters. The van der Waals surface area contributed by atoms with E-state index in [2.05, 4.69) is 39.5 Å². The zero-order chi connectivity index (χ0) is 16.8. The highest BCUT2D eigenvalue weighted by Crippen LogP contribution is 2.28. The van der Waals surface area contributed by atoms with Crippen molar-refractivity contribution in [2.45, 2.75) is 32.0 Å². The van der Waals surface area contributed by atoms with Crippen LogP contribution in [0.1, 0.15) is 28.8 Å². The van der Waals surface area contributed by atoms with Crippen molar-refractivity contribution in [2.75, 3.05) is 6.54 Å². The van der Waals surface area contributed by atoms with Gasteiger partial charge < -0.3 is 15.2 Å². The molecule has 0 spiro atoms. The van der Waals surface area contributed by atoms with Crippen LogP contribution in [0.4, 0.5) is 0 Å². The Morgan fingerprint density at radius 1 is 1.16 bits per heavy atom. The smallest absolute Gasteiger partial charge is 0.253 e. The maximum atomic E-state index is 12.3. The van der Waals surface area contributed by atoms with Crippen molar-refractivity contribution < 1.29 is 4.79 Å². The molecule has 0 saturated heterocycles. The standard InChI is InChI=1S/C20H20N4O/c25-20-16-2-1-3-17-18(16)24(11-10-21-20)19(23-17)14-6-4-13(5-7-14)12-22-15-8-9-15/h1-7,15,22H,8-12H2,(H,21,25). The molecule has 0 atom stereocenters. The molecular formula is C20H20N4O. The Morgan fingerprint density at radius 3 is 2.80 bits per heavy atom. The number of benzene rings is 2. The van der Waals surface area contributed by atoms with Gasteiger partial charge in [-0.1, -0.05) is 30.3 Å². The Morgan fingerprint density at radius 2 is 2.00 bits per heavy atom. The summed E-state index contributed by atoms with van der Waals surface area (Å²) in [7, 11) is 0. The van der Waals surface area contributed by atoms with Gasteiger partial charge in [0.05, 0.1) is 16.6 Å². The number of nitrogens with one attached hydrogen (secondary N) is 2. The fraction of sp³-hybridized carbons (Fsp3) is 0.300. The largest absolute Gasteiger partial charge is 0.350 e. The van der Waals surface area contributed by atoms with Gasteiger partial charge in [-0.05, 0) is 30.5 Å². The van der Waals surface area contributed by atoms with Crippen LogP contribution in [-0.2, 0) is 13.1 Å². The maximum Gasteiger partial charge on any atom is 0.253 e. The molecule has 5 heteroatoms. The van der Waals surface area contributed by atoms with Gasteiger partial charge in [0, 0.05) is 31.2 Å². The van der Waals surface area contributed by atoms with E-state index in [1.165, 1.54) is 18.4 Å². The van der Waals surface area contributed by atoms with Crippen LogP contribution in [0.3, 0.4) is 0 Å². The first-order valence-corrected chi connectivity index (χ1v) is 8.90. The number of carbonyl (C=O) groups is 1. The lowest BCUT2D eigenvalue weighted by molar-refractivity contribution is 0.0956. The highest BCUT2D eigenvalue weighted by atomic mass is 16.1. The van der Waals surface area contributed by atoms with Gasteiger partial charge in [-0.2, -0.15) is 0 Å². The van der Waals surface area contributed by atoms with Crippen molar-refractivity contribution in [3.05, 3.63) is 53.6 Å². The molecule has 0 radical (unpaired) electrons. The number of hydrogen-bond acceptors (Lipinski definition) is 3. The number of carbonyl (C=O) groups excluding carboxylic acids is 1. The van der Waals surface area contributed by atoms with E-state index in [9.17, 15) is 4.79 Å². The van der Waals surface area contributed by atoms with Crippen LogP contribution in [0.25, 0.3) is 22.4 Å². The van der Waals surface area contributed by atoms with Crippen LogP contribution < -0.4 is 10.6 Å². The quantitative estimate of drug-likeness (QED) is 0.772. The summed E-state index contributed by atoms with van der Waals surface area (Å²) >= 11 is 0. The predicted molar refractivity (Wildman–Crippen MR) is 97.4 cm³/mol.